The third-order valence-electron chi connectivity index (χ3n) is 4.76. The Morgan fingerprint density at radius 1 is 1.33 bits per heavy atom. The number of rotatable bonds is 10. The Morgan fingerprint density at radius 3 is 2.74 bits per heavy atom. The topological polar surface area (TPSA) is 119 Å². The Kier molecular flexibility index (Phi) is 7.80. The Labute approximate surface area is 161 Å². The summed E-state index contributed by atoms with van der Waals surface area (Å²) in [4.78, 5) is 38.2. The van der Waals surface area contributed by atoms with Crippen LogP contribution in [0.1, 0.15) is 39.0 Å². The van der Waals surface area contributed by atoms with Crippen LogP contribution in [0.3, 0.4) is 0 Å². The van der Waals surface area contributed by atoms with E-state index in [1.165, 1.54) is 4.90 Å². The third-order valence-corrected chi connectivity index (χ3v) is 4.76. The van der Waals surface area contributed by atoms with Crippen LogP contribution in [-0.2, 0) is 20.8 Å². The summed E-state index contributed by atoms with van der Waals surface area (Å²) in [5.74, 6) is -0.826. The van der Waals surface area contributed by atoms with Gasteiger partial charge in [0.15, 0.2) is 0 Å². The maximum atomic E-state index is 13.0. The van der Waals surface area contributed by atoms with Gasteiger partial charge in [0.2, 0.25) is 11.8 Å². The first-order valence-corrected chi connectivity index (χ1v) is 9.49. The summed E-state index contributed by atoms with van der Waals surface area (Å²) in [6, 6.07) is 6.25. The summed E-state index contributed by atoms with van der Waals surface area (Å²) in [7, 11) is 0. The highest BCUT2D eigenvalue weighted by Gasteiger charge is 2.34. The fourth-order valence-corrected chi connectivity index (χ4v) is 3.25. The highest BCUT2D eigenvalue weighted by molar-refractivity contribution is 5.91. The first kappa shape index (κ1) is 19.5. The quantitative estimate of drug-likeness (QED) is 0.403. The predicted molar refractivity (Wildman–Crippen MR) is 104 cm³/mol. The van der Waals surface area contributed by atoms with E-state index in [0.717, 1.165) is 12.0 Å². The van der Waals surface area contributed by atoms with Crippen LogP contribution in [-0.4, -0.2) is 54.2 Å². The molecule has 1 aromatic rings. The van der Waals surface area contributed by atoms with E-state index in [2.05, 4.69) is 5.32 Å². The van der Waals surface area contributed by atoms with Gasteiger partial charge < -0.3 is 26.5 Å². The summed E-state index contributed by atoms with van der Waals surface area (Å²) in [6.07, 6.45) is 3.51. The van der Waals surface area contributed by atoms with Gasteiger partial charge in [-0.3, -0.25) is 9.59 Å². The zero-order valence-corrected chi connectivity index (χ0v) is 15.6. The van der Waals surface area contributed by atoms with E-state index in [4.69, 9.17) is 12.8 Å². The number of benzene rings is 1. The van der Waals surface area contributed by atoms with Gasteiger partial charge in [-0.15, -0.1) is 0 Å². The molecule has 2 rings (SSSR count). The number of nitrogens with one attached hydrogen (secondary N) is 1. The lowest BCUT2D eigenvalue weighted by molar-refractivity contribution is -0.139. The van der Waals surface area contributed by atoms with Gasteiger partial charge in [0.05, 0.1) is 13.4 Å². The number of carbonyl (C=O) groups excluding carboxylic acids is 3. The highest BCUT2D eigenvalue weighted by atomic mass is 16.2. The van der Waals surface area contributed by atoms with E-state index in [-0.39, 0.29) is 0 Å². The second kappa shape index (κ2) is 10.8. The van der Waals surface area contributed by atoms with E-state index in [1.807, 2.05) is 30.3 Å². The van der Waals surface area contributed by atoms with E-state index in [9.17, 15) is 14.4 Å². The van der Waals surface area contributed by atoms with Crippen molar-refractivity contribution < 1.29 is 15.8 Å². The molecule has 5 N–H and O–H groups in total. The molecule has 1 aromatic carbocycles. The minimum atomic E-state index is -1.56. The average molecular weight is 375 g/mol. The molecule has 1 saturated heterocycles. The van der Waals surface area contributed by atoms with Crippen molar-refractivity contribution in [1.29, 1.82) is 0 Å². The van der Waals surface area contributed by atoms with Crippen LogP contribution in [0.15, 0.2) is 30.3 Å². The predicted octanol–water partition coefficient (Wildman–Crippen LogP) is 0.360. The number of likely N-dealkylation sites (tertiary alicyclic amines) is 1. The minimum Gasteiger partial charge on any atom is -0.343 e. The van der Waals surface area contributed by atoms with E-state index < -0.39 is 29.9 Å². The number of hydrogen-bond donors (Lipinski definition) is 3. The number of amides is 2. The smallest absolute Gasteiger partial charge is 0.245 e. The van der Waals surface area contributed by atoms with Crippen molar-refractivity contribution in [3.63, 3.8) is 0 Å². The average Bonchev–Trinajstić information content (AvgIpc) is 3.09. The Balaban J connectivity index is 2.06. The van der Waals surface area contributed by atoms with E-state index >= 15 is 0 Å². The molecular weight excluding hydrogens is 344 g/mol. The molecule has 0 saturated carbocycles. The van der Waals surface area contributed by atoms with Gasteiger partial charge in [0.25, 0.3) is 0 Å². The minimum absolute atomic E-state index is 0.305. The van der Waals surface area contributed by atoms with Crippen LogP contribution in [0.2, 0.25) is 0 Å². The SMILES string of the molecule is [2H][C@@]1(C=O)CCCN1C(=O)[C@H](CCCCN)NC(=O)[C@@H](N)Cc1ccccc1. The third kappa shape index (κ3) is 6.15. The van der Waals surface area contributed by atoms with Gasteiger partial charge in [-0.2, -0.15) is 0 Å². The van der Waals surface area contributed by atoms with Gasteiger partial charge in [-0.1, -0.05) is 30.3 Å². The molecule has 0 aromatic heterocycles. The maximum absolute atomic E-state index is 13.0. The lowest BCUT2D eigenvalue weighted by atomic mass is 10.0. The molecule has 7 heteroatoms. The Bertz CT molecular complexity index is 673. The lowest BCUT2D eigenvalue weighted by Crippen LogP contribution is -2.54. The normalized spacial score (nSPS) is 22.0. The van der Waals surface area contributed by atoms with E-state index in [1.54, 1.807) is 0 Å². The molecule has 1 fully saturated rings. The Hall–Kier alpha value is -2.25. The number of nitrogens with zero attached hydrogens (tertiary/aromatic N) is 1. The van der Waals surface area contributed by atoms with Gasteiger partial charge in [0, 0.05) is 6.54 Å². The molecule has 0 unspecified atom stereocenters. The summed E-state index contributed by atoms with van der Waals surface area (Å²) in [5, 5.41) is 2.74. The van der Waals surface area contributed by atoms with Crippen molar-refractivity contribution in [2.75, 3.05) is 13.1 Å². The van der Waals surface area contributed by atoms with Crippen LogP contribution < -0.4 is 16.8 Å². The molecule has 1 aliphatic rings. The maximum Gasteiger partial charge on any atom is 0.245 e. The van der Waals surface area contributed by atoms with Gasteiger partial charge in [0.1, 0.15) is 12.3 Å². The monoisotopic (exact) mass is 375 g/mol. The first-order valence-electron chi connectivity index (χ1n) is 9.99. The number of carbonyl (C=O) groups is 3. The standard InChI is InChI=1S/C20H30N4O3/c21-11-5-4-10-18(20(27)24-12-6-9-16(24)14-25)23-19(26)17(22)13-15-7-2-1-3-8-15/h1-3,7-8,14,16-18H,4-6,9-13,21-22H2,(H,23,26)/t16-,17-,18-/m0/s1/i16D. The van der Waals surface area contributed by atoms with Crippen LogP contribution >= 0.6 is 0 Å². The zero-order valence-electron chi connectivity index (χ0n) is 16.6. The molecular formula is C20H30N4O3. The van der Waals surface area contributed by atoms with Crippen molar-refractivity contribution in [1.82, 2.24) is 10.2 Å². The number of aldehydes is 1. The number of unbranched alkanes of at least 4 members (excludes halogenated alkanes) is 1. The molecule has 3 atom stereocenters. The number of nitrogens with two attached hydrogens (primary N) is 2. The lowest BCUT2D eigenvalue weighted by Gasteiger charge is -2.27. The molecule has 2 amide bonds. The van der Waals surface area contributed by atoms with Gasteiger partial charge >= 0.3 is 0 Å². The molecule has 1 heterocycles. The Morgan fingerprint density at radius 2 is 2.07 bits per heavy atom. The molecule has 0 aliphatic carbocycles. The van der Waals surface area contributed by atoms with Crippen molar-refractivity contribution in [3.8, 4) is 0 Å². The van der Waals surface area contributed by atoms with Crippen LogP contribution in [0.4, 0.5) is 0 Å². The molecule has 0 bridgehead atoms. The zero-order chi connectivity index (χ0) is 20.6. The van der Waals surface area contributed by atoms with Crippen molar-refractivity contribution in [2.24, 2.45) is 11.5 Å². The molecule has 27 heavy (non-hydrogen) atoms. The second-order valence-corrected chi connectivity index (χ2v) is 6.84. The van der Waals surface area contributed by atoms with Crippen molar-refractivity contribution in [2.45, 2.75) is 56.6 Å². The molecule has 0 spiro atoms. The largest absolute Gasteiger partial charge is 0.343 e. The summed E-state index contributed by atoms with van der Waals surface area (Å²) in [6.45, 7) is 0.823. The second-order valence-electron chi connectivity index (χ2n) is 6.84. The van der Waals surface area contributed by atoms with Gasteiger partial charge in [-0.05, 0) is 50.6 Å². The summed E-state index contributed by atoms with van der Waals surface area (Å²) < 4.78 is 8.22. The van der Waals surface area contributed by atoms with Crippen LogP contribution in [0.5, 0.6) is 0 Å². The summed E-state index contributed by atoms with van der Waals surface area (Å²) >= 11 is 0. The summed E-state index contributed by atoms with van der Waals surface area (Å²) in [5.41, 5.74) is 12.5. The highest BCUT2D eigenvalue weighted by Crippen LogP contribution is 2.18. The van der Waals surface area contributed by atoms with Crippen molar-refractivity contribution in [3.05, 3.63) is 35.9 Å². The molecule has 148 valence electrons. The van der Waals surface area contributed by atoms with Gasteiger partial charge in [-0.25, -0.2) is 0 Å². The molecule has 0 radical (unpaired) electrons. The fraction of sp³-hybridized carbons (Fsp3) is 0.550. The van der Waals surface area contributed by atoms with Crippen LogP contribution in [0, 0.1) is 0 Å². The van der Waals surface area contributed by atoms with E-state index in [0.29, 0.717) is 51.5 Å². The number of hydrogen-bond acceptors (Lipinski definition) is 5. The molecule has 7 nitrogen and oxygen atoms in total. The van der Waals surface area contributed by atoms with Crippen LogP contribution in [0.25, 0.3) is 0 Å². The first-order chi connectivity index (χ1) is 13.4. The fourth-order valence-electron chi connectivity index (χ4n) is 3.25. The van der Waals surface area contributed by atoms with Crippen molar-refractivity contribution >= 4 is 18.1 Å². The molecule has 1 aliphatic heterocycles.